The third-order valence-electron chi connectivity index (χ3n) is 6.09. The standard InChI is InChI=1S/C27H37N3O5S/c1-6-20(3)28-27(33)25(7-2)29(17-16-22-12-9-8-10-13-22)26(32)19-30(36(5,34)35)24-15-11-14-23(18-24)21(4)31/h8-15,18,20,25H,6-7,16-17,19H2,1-5H3,(H,28,33)/t20-,25-/m0/s1. The number of carbonyl (C=O) groups excluding carboxylic acids is 3. The highest BCUT2D eigenvalue weighted by molar-refractivity contribution is 7.92. The van der Waals surface area contributed by atoms with Crippen LogP contribution in [-0.4, -0.2) is 62.3 Å². The molecule has 0 aromatic heterocycles. The van der Waals surface area contributed by atoms with Crippen LogP contribution in [0.25, 0.3) is 0 Å². The molecule has 0 radical (unpaired) electrons. The first kappa shape index (κ1) is 29.0. The van der Waals surface area contributed by atoms with Gasteiger partial charge in [0.05, 0.1) is 11.9 Å². The molecule has 2 amide bonds. The van der Waals surface area contributed by atoms with Crippen molar-refractivity contribution in [3.8, 4) is 0 Å². The molecular weight excluding hydrogens is 478 g/mol. The maximum atomic E-state index is 13.6. The van der Waals surface area contributed by atoms with Crippen LogP contribution in [0.2, 0.25) is 0 Å². The molecule has 196 valence electrons. The maximum Gasteiger partial charge on any atom is 0.244 e. The fourth-order valence-electron chi connectivity index (χ4n) is 3.83. The number of hydrogen-bond donors (Lipinski definition) is 1. The third-order valence-corrected chi connectivity index (χ3v) is 7.23. The van der Waals surface area contributed by atoms with Gasteiger partial charge in [-0.15, -0.1) is 0 Å². The monoisotopic (exact) mass is 515 g/mol. The number of nitrogens with one attached hydrogen (secondary N) is 1. The first-order valence-electron chi connectivity index (χ1n) is 12.2. The molecule has 0 aliphatic heterocycles. The number of Topliss-reactive ketones (excluding diaryl/α,β-unsaturated/α-hetero) is 1. The molecule has 0 heterocycles. The molecule has 9 heteroatoms. The summed E-state index contributed by atoms with van der Waals surface area (Å²) in [4.78, 5) is 40.1. The number of ketones is 1. The number of benzene rings is 2. The van der Waals surface area contributed by atoms with Crippen molar-refractivity contribution >= 4 is 33.3 Å². The Labute approximate surface area is 214 Å². The summed E-state index contributed by atoms with van der Waals surface area (Å²) in [7, 11) is -3.86. The number of anilines is 1. The molecule has 2 aromatic carbocycles. The minimum absolute atomic E-state index is 0.0561. The van der Waals surface area contributed by atoms with Gasteiger partial charge in [-0.2, -0.15) is 0 Å². The number of sulfonamides is 1. The topological polar surface area (TPSA) is 104 Å². The summed E-state index contributed by atoms with van der Waals surface area (Å²) in [6, 6.07) is 15.0. The Kier molecular flexibility index (Phi) is 10.6. The van der Waals surface area contributed by atoms with Crippen LogP contribution < -0.4 is 9.62 Å². The summed E-state index contributed by atoms with van der Waals surface area (Å²) in [6.07, 6.45) is 2.65. The second-order valence-corrected chi connectivity index (χ2v) is 10.8. The van der Waals surface area contributed by atoms with Gasteiger partial charge in [0.15, 0.2) is 5.78 Å². The molecule has 36 heavy (non-hydrogen) atoms. The van der Waals surface area contributed by atoms with Gasteiger partial charge < -0.3 is 10.2 Å². The van der Waals surface area contributed by atoms with Crippen LogP contribution >= 0.6 is 0 Å². The number of nitrogens with zero attached hydrogens (tertiary/aromatic N) is 2. The molecular formula is C27H37N3O5S. The van der Waals surface area contributed by atoms with E-state index in [1.807, 2.05) is 51.1 Å². The predicted octanol–water partition coefficient (Wildman–Crippen LogP) is 3.42. The summed E-state index contributed by atoms with van der Waals surface area (Å²) >= 11 is 0. The fourth-order valence-corrected chi connectivity index (χ4v) is 4.67. The number of amides is 2. The van der Waals surface area contributed by atoms with E-state index in [9.17, 15) is 22.8 Å². The van der Waals surface area contributed by atoms with Gasteiger partial charge in [0.25, 0.3) is 0 Å². The highest BCUT2D eigenvalue weighted by Gasteiger charge is 2.31. The Morgan fingerprint density at radius 3 is 2.19 bits per heavy atom. The molecule has 2 atom stereocenters. The Bertz CT molecular complexity index is 1150. The molecule has 2 aromatic rings. The SMILES string of the molecule is CC[C@H](C)NC(=O)[C@H](CC)N(CCc1ccccc1)C(=O)CN(c1cccc(C(C)=O)c1)S(C)(=O)=O. The zero-order valence-electron chi connectivity index (χ0n) is 21.7. The van der Waals surface area contributed by atoms with E-state index in [0.29, 0.717) is 18.4 Å². The smallest absolute Gasteiger partial charge is 0.244 e. The van der Waals surface area contributed by atoms with E-state index >= 15 is 0 Å². The highest BCUT2D eigenvalue weighted by Crippen LogP contribution is 2.21. The first-order valence-corrected chi connectivity index (χ1v) is 14.0. The summed E-state index contributed by atoms with van der Waals surface area (Å²) in [5.74, 6) is -0.970. The van der Waals surface area contributed by atoms with Gasteiger partial charge in [-0.3, -0.25) is 18.7 Å². The Morgan fingerprint density at radius 2 is 1.64 bits per heavy atom. The summed E-state index contributed by atoms with van der Waals surface area (Å²) in [5.41, 5.74) is 1.56. The lowest BCUT2D eigenvalue weighted by Crippen LogP contribution is -2.54. The molecule has 0 fully saturated rings. The van der Waals surface area contributed by atoms with Crippen molar-refractivity contribution in [1.29, 1.82) is 0 Å². The normalized spacial score (nSPS) is 12.9. The van der Waals surface area contributed by atoms with Gasteiger partial charge >= 0.3 is 0 Å². The number of hydrogen-bond acceptors (Lipinski definition) is 5. The van der Waals surface area contributed by atoms with Gasteiger partial charge in [-0.05, 0) is 50.8 Å². The van der Waals surface area contributed by atoms with Crippen molar-refractivity contribution in [1.82, 2.24) is 10.2 Å². The zero-order chi connectivity index (χ0) is 26.9. The van der Waals surface area contributed by atoms with Gasteiger partial charge in [-0.25, -0.2) is 8.42 Å². The van der Waals surface area contributed by atoms with Gasteiger partial charge in [-0.1, -0.05) is 56.3 Å². The molecule has 1 N–H and O–H groups in total. The van der Waals surface area contributed by atoms with E-state index in [1.54, 1.807) is 18.2 Å². The van der Waals surface area contributed by atoms with Gasteiger partial charge in [0, 0.05) is 18.2 Å². The molecule has 8 nitrogen and oxygen atoms in total. The van der Waals surface area contributed by atoms with Crippen molar-refractivity contribution in [2.75, 3.05) is 23.7 Å². The zero-order valence-corrected chi connectivity index (χ0v) is 22.5. The lowest BCUT2D eigenvalue weighted by Gasteiger charge is -2.33. The van der Waals surface area contributed by atoms with E-state index < -0.39 is 28.5 Å². The average molecular weight is 516 g/mol. The van der Waals surface area contributed by atoms with E-state index in [4.69, 9.17) is 0 Å². The van der Waals surface area contributed by atoms with Gasteiger partial charge in [0.2, 0.25) is 21.8 Å². The lowest BCUT2D eigenvalue weighted by atomic mass is 10.1. The molecule has 0 bridgehead atoms. The number of rotatable bonds is 13. The fraction of sp³-hybridized carbons (Fsp3) is 0.444. The lowest BCUT2D eigenvalue weighted by molar-refractivity contribution is -0.139. The largest absolute Gasteiger partial charge is 0.352 e. The van der Waals surface area contributed by atoms with Crippen LogP contribution in [0.5, 0.6) is 0 Å². The van der Waals surface area contributed by atoms with Gasteiger partial charge in [0.1, 0.15) is 12.6 Å². The van der Waals surface area contributed by atoms with E-state index in [0.717, 1.165) is 22.5 Å². The highest BCUT2D eigenvalue weighted by atomic mass is 32.2. The summed E-state index contributed by atoms with van der Waals surface area (Å²) in [5, 5.41) is 2.95. The molecule has 0 aliphatic carbocycles. The summed E-state index contributed by atoms with van der Waals surface area (Å²) < 4.78 is 26.4. The minimum Gasteiger partial charge on any atom is -0.352 e. The van der Waals surface area contributed by atoms with Crippen molar-refractivity contribution in [3.63, 3.8) is 0 Å². The summed E-state index contributed by atoms with van der Waals surface area (Å²) in [6.45, 7) is 6.84. The third kappa shape index (κ3) is 8.19. The van der Waals surface area contributed by atoms with E-state index in [-0.39, 0.29) is 30.0 Å². The number of carbonyl (C=O) groups is 3. The van der Waals surface area contributed by atoms with Crippen molar-refractivity contribution in [2.24, 2.45) is 0 Å². The van der Waals surface area contributed by atoms with Crippen molar-refractivity contribution in [2.45, 2.75) is 59.0 Å². The van der Waals surface area contributed by atoms with Crippen LogP contribution in [0, 0.1) is 0 Å². The second kappa shape index (κ2) is 13.2. The molecule has 0 saturated carbocycles. The van der Waals surface area contributed by atoms with Crippen molar-refractivity contribution in [3.05, 3.63) is 65.7 Å². The van der Waals surface area contributed by atoms with Crippen molar-refractivity contribution < 1.29 is 22.8 Å². The van der Waals surface area contributed by atoms with Crippen LogP contribution in [0.1, 0.15) is 56.5 Å². The van der Waals surface area contributed by atoms with E-state index in [2.05, 4.69) is 5.32 Å². The molecule has 0 aliphatic rings. The van der Waals surface area contributed by atoms with Crippen LogP contribution in [-0.2, 0) is 26.0 Å². The molecule has 2 rings (SSSR count). The second-order valence-electron chi connectivity index (χ2n) is 8.94. The minimum atomic E-state index is -3.86. The Balaban J connectivity index is 2.40. The van der Waals surface area contributed by atoms with Crippen LogP contribution in [0.4, 0.5) is 5.69 Å². The first-order chi connectivity index (χ1) is 17.0. The predicted molar refractivity (Wildman–Crippen MR) is 142 cm³/mol. The average Bonchev–Trinajstić information content (AvgIpc) is 2.84. The maximum absolute atomic E-state index is 13.6. The van der Waals surface area contributed by atoms with E-state index in [1.165, 1.54) is 17.9 Å². The molecule has 0 unspecified atom stereocenters. The Hall–Kier alpha value is -3.20. The molecule has 0 saturated heterocycles. The quantitative estimate of drug-likeness (QED) is 0.412. The Morgan fingerprint density at radius 1 is 0.972 bits per heavy atom. The van der Waals surface area contributed by atoms with Crippen LogP contribution in [0.3, 0.4) is 0 Å². The molecule has 0 spiro atoms. The van der Waals surface area contributed by atoms with Crippen LogP contribution in [0.15, 0.2) is 54.6 Å².